The van der Waals surface area contributed by atoms with Gasteiger partial charge in [-0.25, -0.2) is 9.59 Å². The number of aromatic hydroxyl groups is 1. The second-order valence-corrected chi connectivity index (χ2v) is 6.32. The molecule has 1 atom stereocenters. The maximum atomic E-state index is 12.3. The number of methoxy groups -OCH3 is 1. The van der Waals surface area contributed by atoms with Crippen LogP contribution in [-0.2, 0) is 30.0 Å². The number of aliphatic imine (C=N–C) groups is 1. The summed E-state index contributed by atoms with van der Waals surface area (Å²) in [5.74, 6) is -1.10. The summed E-state index contributed by atoms with van der Waals surface area (Å²) < 4.78 is 6.61. The molecular formula is C19H20N4O5. The van der Waals surface area contributed by atoms with Gasteiger partial charge in [0.15, 0.2) is 6.04 Å². The normalized spacial score (nSPS) is 12.5. The van der Waals surface area contributed by atoms with Crippen LogP contribution < -0.4 is 11.2 Å². The van der Waals surface area contributed by atoms with Gasteiger partial charge in [-0.2, -0.15) is 0 Å². The van der Waals surface area contributed by atoms with E-state index in [0.29, 0.717) is 0 Å². The van der Waals surface area contributed by atoms with Crippen molar-refractivity contribution in [3.63, 3.8) is 0 Å². The smallest absolute Gasteiger partial charge is 0.333 e. The number of rotatable bonds is 5. The predicted molar refractivity (Wildman–Crippen MR) is 104 cm³/mol. The first-order valence-electron chi connectivity index (χ1n) is 8.50. The number of ether oxygens (including phenoxy) is 1. The number of benzene rings is 1. The lowest BCUT2D eigenvalue weighted by Gasteiger charge is -2.11. The molecule has 28 heavy (non-hydrogen) atoms. The second-order valence-electron chi connectivity index (χ2n) is 6.32. The van der Waals surface area contributed by atoms with Crippen LogP contribution in [0.3, 0.4) is 0 Å². The quantitative estimate of drug-likeness (QED) is 0.490. The first kappa shape index (κ1) is 19.2. The van der Waals surface area contributed by atoms with Gasteiger partial charge in [0, 0.05) is 43.8 Å². The zero-order chi connectivity index (χ0) is 20.4. The van der Waals surface area contributed by atoms with Crippen molar-refractivity contribution in [1.29, 1.82) is 0 Å². The topological polar surface area (TPSA) is 119 Å². The number of H-pyrrole nitrogens is 1. The van der Waals surface area contributed by atoms with Gasteiger partial charge in [-0.15, -0.1) is 0 Å². The minimum Gasteiger partial charge on any atom is -0.494 e. The van der Waals surface area contributed by atoms with E-state index in [9.17, 15) is 19.5 Å². The molecule has 1 unspecified atom stereocenters. The third-order valence-electron chi connectivity index (χ3n) is 4.61. The highest BCUT2D eigenvalue weighted by Gasteiger charge is 2.21. The lowest BCUT2D eigenvalue weighted by molar-refractivity contribution is -0.142. The Hall–Kier alpha value is -3.62. The summed E-state index contributed by atoms with van der Waals surface area (Å²) in [6.07, 6.45) is 3.13. The zero-order valence-electron chi connectivity index (χ0n) is 15.7. The van der Waals surface area contributed by atoms with Gasteiger partial charge in [0.25, 0.3) is 5.56 Å². The van der Waals surface area contributed by atoms with E-state index in [1.165, 1.54) is 21.2 Å². The van der Waals surface area contributed by atoms with E-state index >= 15 is 0 Å². The largest absolute Gasteiger partial charge is 0.494 e. The third kappa shape index (κ3) is 3.34. The first-order valence-corrected chi connectivity index (χ1v) is 8.50. The van der Waals surface area contributed by atoms with Crippen LogP contribution >= 0.6 is 0 Å². The molecule has 0 aliphatic rings. The van der Waals surface area contributed by atoms with Gasteiger partial charge < -0.3 is 14.8 Å². The van der Waals surface area contributed by atoms with Crippen LogP contribution in [-0.4, -0.2) is 44.6 Å². The highest BCUT2D eigenvalue weighted by molar-refractivity contribution is 5.87. The third-order valence-corrected chi connectivity index (χ3v) is 4.61. The molecular weight excluding hydrogens is 364 g/mol. The van der Waals surface area contributed by atoms with Crippen molar-refractivity contribution in [2.24, 2.45) is 19.1 Å². The van der Waals surface area contributed by atoms with Crippen molar-refractivity contribution >= 4 is 23.1 Å². The molecule has 0 bridgehead atoms. The van der Waals surface area contributed by atoms with E-state index in [1.807, 2.05) is 24.3 Å². The molecule has 2 aromatic heterocycles. The van der Waals surface area contributed by atoms with Gasteiger partial charge in [0.05, 0.1) is 7.11 Å². The molecule has 2 N–H and O–H groups in total. The molecule has 0 saturated heterocycles. The summed E-state index contributed by atoms with van der Waals surface area (Å²) in [4.78, 5) is 43.6. The average Bonchev–Trinajstić information content (AvgIpc) is 3.12. The summed E-state index contributed by atoms with van der Waals surface area (Å²) in [5, 5.41) is 11.1. The minimum atomic E-state index is -0.925. The molecule has 0 radical (unpaired) electrons. The van der Waals surface area contributed by atoms with Crippen molar-refractivity contribution in [3.8, 4) is 5.88 Å². The van der Waals surface area contributed by atoms with Gasteiger partial charge in [-0.05, 0) is 11.6 Å². The van der Waals surface area contributed by atoms with Crippen molar-refractivity contribution < 1.29 is 14.6 Å². The summed E-state index contributed by atoms with van der Waals surface area (Å²) in [7, 11) is 3.88. The molecule has 0 amide bonds. The van der Waals surface area contributed by atoms with Crippen LogP contribution in [0.25, 0.3) is 10.9 Å². The van der Waals surface area contributed by atoms with Crippen LogP contribution in [0.2, 0.25) is 0 Å². The number of hydrogen-bond acceptors (Lipinski definition) is 6. The van der Waals surface area contributed by atoms with E-state index in [2.05, 4.69) is 9.98 Å². The fourth-order valence-electron chi connectivity index (χ4n) is 2.98. The minimum absolute atomic E-state index is 0.183. The SMILES string of the molecule is COC(=O)C(Cc1c[nH]c2ccccc12)N=Cc1c(O)n(C)c(=O)n(C)c1=O. The van der Waals surface area contributed by atoms with Crippen LogP contribution in [0.5, 0.6) is 5.88 Å². The van der Waals surface area contributed by atoms with Gasteiger partial charge in [0.2, 0.25) is 5.88 Å². The Bertz CT molecular complexity index is 1190. The number of para-hydroxylation sites is 1. The van der Waals surface area contributed by atoms with E-state index in [4.69, 9.17) is 4.74 Å². The number of hydrogen-bond donors (Lipinski definition) is 2. The number of aromatic amines is 1. The van der Waals surface area contributed by atoms with Crippen LogP contribution in [0, 0.1) is 0 Å². The fourth-order valence-corrected chi connectivity index (χ4v) is 2.98. The zero-order valence-corrected chi connectivity index (χ0v) is 15.7. The van der Waals surface area contributed by atoms with Crippen LogP contribution in [0.1, 0.15) is 11.1 Å². The van der Waals surface area contributed by atoms with Gasteiger partial charge in [0.1, 0.15) is 5.56 Å². The van der Waals surface area contributed by atoms with Crippen molar-refractivity contribution in [2.45, 2.75) is 12.5 Å². The highest BCUT2D eigenvalue weighted by atomic mass is 16.5. The monoisotopic (exact) mass is 384 g/mol. The number of carbonyl (C=O) groups is 1. The molecule has 9 heteroatoms. The first-order chi connectivity index (χ1) is 13.3. The van der Waals surface area contributed by atoms with Crippen LogP contribution in [0.4, 0.5) is 0 Å². The van der Waals surface area contributed by atoms with E-state index < -0.39 is 29.1 Å². The molecule has 3 rings (SSSR count). The molecule has 2 heterocycles. The van der Waals surface area contributed by atoms with Gasteiger partial charge >= 0.3 is 11.7 Å². The molecule has 0 saturated carbocycles. The molecule has 0 aliphatic heterocycles. The van der Waals surface area contributed by atoms with E-state index in [0.717, 1.165) is 31.8 Å². The summed E-state index contributed by atoms with van der Waals surface area (Å²) >= 11 is 0. The number of nitrogens with zero attached hydrogens (tertiary/aromatic N) is 3. The molecule has 0 aliphatic carbocycles. The van der Waals surface area contributed by atoms with Crippen molar-refractivity contribution in [1.82, 2.24) is 14.1 Å². The summed E-state index contributed by atoms with van der Waals surface area (Å²) in [6.45, 7) is 0. The lowest BCUT2D eigenvalue weighted by Crippen LogP contribution is -2.38. The molecule has 146 valence electrons. The molecule has 1 aromatic carbocycles. The Kier molecular flexibility index (Phi) is 5.16. The van der Waals surface area contributed by atoms with E-state index in [1.54, 1.807) is 6.20 Å². The number of esters is 1. The number of fused-ring (bicyclic) bond motifs is 1. The van der Waals surface area contributed by atoms with Gasteiger partial charge in [-0.3, -0.25) is 18.9 Å². The Morgan fingerprint density at radius 3 is 2.71 bits per heavy atom. The maximum absolute atomic E-state index is 12.3. The van der Waals surface area contributed by atoms with Gasteiger partial charge in [-0.1, -0.05) is 18.2 Å². The number of carbonyl (C=O) groups excluding carboxylic acids is 1. The Morgan fingerprint density at radius 1 is 1.29 bits per heavy atom. The average molecular weight is 384 g/mol. The summed E-state index contributed by atoms with van der Waals surface area (Å²) in [5.41, 5.74) is 0.232. The standard InChI is InChI=1S/C19H20N4O5/c1-22-16(24)13(17(25)23(2)19(22)27)10-21-15(18(26)28-3)8-11-9-20-14-7-5-4-6-12(11)14/h4-7,9-10,15,20,24H,8H2,1-3H3. The second kappa shape index (κ2) is 7.55. The number of nitrogens with one attached hydrogen (secondary N) is 1. The maximum Gasteiger partial charge on any atom is 0.333 e. The molecule has 0 spiro atoms. The summed E-state index contributed by atoms with van der Waals surface area (Å²) in [6, 6.07) is 6.71. The van der Waals surface area contributed by atoms with Crippen molar-refractivity contribution in [2.75, 3.05) is 7.11 Å². The fraction of sp³-hybridized carbons (Fsp3) is 0.263. The van der Waals surface area contributed by atoms with Crippen LogP contribution in [0.15, 0.2) is 45.0 Å². The molecule has 3 aromatic rings. The highest BCUT2D eigenvalue weighted by Crippen LogP contribution is 2.20. The molecule has 9 nitrogen and oxygen atoms in total. The lowest BCUT2D eigenvalue weighted by atomic mass is 10.1. The Morgan fingerprint density at radius 2 is 2.00 bits per heavy atom. The van der Waals surface area contributed by atoms with Crippen molar-refractivity contribution in [3.05, 3.63) is 62.4 Å². The Balaban J connectivity index is 2.00. The predicted octanol–water partition coefficient (Wildman–Crippen LogP) is 0.474. The number of aromatic nitrogens is 3. The van der Waals surface area contributed by atoms with E-state index in [-0.39, 0.29) is 12.0 Å². The molecule has 0 fully saturated rings. The Labute approximate surface area is 159 Å².